The first kappa shape index (κ1) is 18.0. The molecule has 0 aromatic carbocycles. The highest BCUT2D eigenvalue weighted by molar-refractivity contribution is 5.76. The molecule has 8 heteroatoms. The zero-order chi connectivity index (χ0) is 17.9. The molecule has 3 N–H and O–H groups in total. The molecule has 1 aromatic heterocycles. The number of carbonyl (C=O) groups excluding carboxylic acids is 1. The van der Waals surface area contributed by atoms with Crippen LogP contribution in [0.5, 0.6) is 5.75 Å². The van der Waals surface area contributed by atoms with Crippen molar-refractivity contribution in [1.82, 2.24) is 14.8 Å². The molecule has 0 aliphatic heterocycles. The summed E-state index contributed by atoms with van der Waals surface area (Å²) in [6.45, 7) is 4.12. The second kappa shape index (κ2) is 7.48. The Hall–Kier alpha value is -2.35. The highest BCUT2D eigenvalue weighted by Gasteiger charge is 2.34. The van der Waals surface area contributed by atoms with Gasteiger partial charge in [-0.1, -0.05) is 6.92 Å². The van der Waals surface area contributed by atoms with Crippen LogP contribution in [0.3, 0.4) is 0 Å². The number of amides is 1. The van der Waals surface area contributed by atoms with Gasteiger partial charge in [0.2, 0.25) is 5.91 Å². The first-order valence-electron chi connectivity index (χ1n) is 7.95. The molecule has 0 unspecified atom stereocenters. The summed E-state index contributed by atoms with van der Waals surface area (Å²) >= 11 is 0. The summed E-state index contributed by atoms with van der Waals surface area (Å²) in [6, 6.07) is 2.66. The maximum absolute atomic E-state index is 12.1. The van der Waals surface area contributed by atoms with Crippen molar-refractivity contribution in [2.24, 2.45) is 0 Å². The molecule has 1 heterocycles. The summed E-state index contributed by atoms with van der Waals surface area (Å²) < 4.78 is 1.30. The molecule has 0 saturated heterocycles. The summed E-state index contributed by atoms with van der Waals surface area (Å²) in [4.78, 5) is 36.6. The number of aromatic hydroxyl groups is 1. The van der Waals surface area contributed by atoms with E-state index in [4.69, 9.17) is 5.11 Å². The third-order valence-electron chi connectivity index (χ3n) is 4.36. The van der Waals surface area contributed by atoms with Gasteiger partial charge in [-0.2, -0.15) is 0 Å². The van der Waals surface area contributed by atoms with Crippen LogP contribution in [-0.2, 0) is 16.1 Å². The zero-order valence-corrected chi connectivity index (χ0v) is 13.9. The number of rotatable bonds is 7. The van der Waals surface area contributed by atoms with Crippen LogP contribution in [0.2, 0.25) is 0 Å². The van der Waals surface area contributed by atoms with Gasteiger partial charge >= 0.3 is 5.97 Å². The smallest absolute Gasteiger partial charge is 0.317 e. The second-order valence-electron chi connectivity index (χ2n) is 6.13. The number of nitrogens with one attached hydrogen (secondary N) is 1. The van der Waals surface area contributed by atoms with Crippen molar-refractivity contribution in [3.05, 3.63) is 28.2 Å². The molecular formula is C16H23N3O5. The van der Waals surface area contributed by atoms with Crippen molar-refractivity contribution in [3.63, 3.8) is 0 Å². The fourth-order valence-corrected chi connectivity index (χ4v) is 3.01. The van der Waals surface area contributed by atoms with Crippen LogP contribution in [0.1, 0.15) is 25.5 Å². The van der Waals surface area contributed by atoms with Gasteiger partial charge in [-0.25, -0.2) is 0 Å². The summed E-state index contributed by atoms with van der Waals surface area (Å²) in [5.41, 5.74) is 0.0907. The maximum Gasteiger partial charge on any atom is 0.317 e. The molecule has 0 radical (unpaired) electrons. The monoisotopic (exact) mass is 337 g/mol. The van der Waals surface area contributed by atoms with E-state index in [0.29, 0.717) is 25.1 Å². The van der Waals surface area contributed by atoms with Gasteiger partial charge in [-0.3, -0.25) is 19.3 Å². The van der Waals surface area contributed by atoms with Crippen molar-refractivity contribution >= 4 is 11.9 Å². The number of hydrogen-bond donors (Lipinski definition) is 3. The predicted octanol–water partition coefficient (Wildman–Crippen LogP) is -0.0840. The largest absolute Gasteiger partial charge is 0.508 e. The lowest BCUT2D eigenvalue weighted by molar-refractivity contribution is -0.139. The molecule has 24 heavy (non-hydrogen) atoms. The number of likely N-dealkylation sites (N-methyl/N-ethyl adjacent to an activating group) is 1. The van der Waals surface area contributed by atoms with Crippen LogP contribution in [-0.4, -0.2) is 56.7 Å². The van der Waals surface area contributed by atoms with Crippen LogP contribution in [0.25, 0.3) is 0 Å². The molecule has 1 fully saturated rings. The Morgan fingerprint density at radius 2 is 2.04 bits per heavy atom. The minimum atomic E-state index is -0.855. The minimum Gasteiger partial charge on any atom is -0.508 e. The molecule has 0 atom stereocenters. The molecule has 0 bridgehead atoms. The van der Waals surface area contributed by atoms with Crippen LogP contribution in [0.4, 0.5) is 0 Å². The Labute approximate surface area is 139 Å². The lowest BCUT2D eigenvalue weighted by Gasteiger charge is -2.42. The van der Waals surface area contributed by atoms with Gasteiger partial charge in [0.15, 0.2) is 0 Å². The van der Waals surface area contributed by atoms with Crippen LogP contribution in [0, 0.1) is 6.92 Å². The van der Waals surface area contributed by atoms with E-state index in [1.165, 1.54) is 10.6 Å². The van der Waals surface area contributed by atoms with E-state index >= 15 is 0 Å². The third kappa shape index (κ3) is 4.35. The van der Waals surface area contributed by atoms with Crippen molar-refractivity contribution < 1.29 is 19.8 Å². The molecule has 8 nitrogen and oxygen atoms in total. The summed E-state index contributed by atoms with van der Waals surface area (Å²) in [6.07, 6.45) is 1.41. The van der Waals surface area contributed by atoms with E-state index in [2.05, 4.69) is 5.32 Å². The number of aryl methyl sites for hydroxylation is 1. The summed E-state index contributed by atoms with van der Waals surface area (Å²) in [7, 11) is 0. The zero-order valence-electron chi connectivity index (χ0n) is 13.9. The van der Waals surface area contributed by atoms with E-state index in [9.17, 15) is 19.5 Å². The predicted molar refractivity (Wildman–Crippen MR) is 86.9 cm³/mol. The fourth-order valence-electron chi connectivity index (χ4n) is 3.01. The normalized spacial score (nSPS) is 19.8. The van der Waals surface area contributed by atoms with Gasteiger partial charge in [-0.05, 0) is 32.4 Å². The van der Waals surface area contributed by atoms with Crippen LogP contribution >= 0.6 is 0 Å². The number of carboxylic acid groups (broad SMARTS) is 1. The Morgan fingerprint density at radius 3 is 2.58 bits per heavy atom. The van der Waals surface area contributed by atoms with Crippen molar-refractivity contribution in [1.29, 1.82) is 0 Å². The second-order valence-corrected chi connectivity index (χ2v) is 6.13. The van der Waals surface area contributed by atoms with E-state index in [1.54, 1.807) is 6.92 Å². The number of hydrogen-bond acceptors (Lipinski definition) is 5. The molecule has 132 valence electrons. The fraction of sp³-hybridized carbons (Fsp3) is 0.562. The lowest BCUT2D eigenvalue weighted by atomic mass is 9.85. The van der Waals surface area contributed by atoms with Gasteiger partial charge in [0.05, 0.1) is 6.54 Å². The molecule has 2 rings (SSSR count). The van der Waals surface area contributed by atoms with E-state index < -0.39 is 11.5 Å². The minimum absolute atomic E-state index is 0.00142. The first-order chi connectivity index (χ1) is 11.3. The SMILES string of the molecule is CCN(CC(=O)O)C1CC(NC(=O)Cn2c(C)cc(O)cc2=O)C1. The van der Waals surface area contributed by atoms with Gasteiger partial charge in [0.1, 0.15) is 12.3 Å². The van der Waals surface area contributed by atoms with Crippen molar-refractivity contribution in [2.45, 2.75) is 45.3 Å². The summed E-state index contributed by atoms with van der Waals surface area (Å²) in [5, 5.41) is 21.1. The summed E-state index contributed by atoms with van der Waals surface area (Å²) in [5.74, 6) is -1.24. The van der Waals surface area contributed by atoms with E-state index in [0.717, 1.165) is 6.07 Å². The highest BCUT2D eigenvalue weighted by atomic mass is 16.4. The number of carbonyl (C=O) groups is 2. The van der Waals surface area contributed by atoms with Gasteiger partial charge < -0.3 is 20.1 Å². The maximum atomic E-state index is 12.1. The highest BCUT2D eigenvalue weighted by Crippen LogP contribution is 2.25. The molecule has 0 spiro atoms. The standard InChI is InChI=1S/C16H23N3O5/c1-3-18(9-16(23)24)12-5-11(6-12)17-14(21)8-19-10(2)4-13(20)7-15(19)22/h4,7,11-12,20H,3,5-6,8-9H2,1-2H3,(H,17,21)(H,23,24). The Morgan fingerprint density at radius 1 is 1.38 bits per heavy atom. The molecule has 1 aliphatic carbocycles. The third-order valence-corrected chi connectivity index (χ3v) is 4.36. The van der Waals surface area contributed by atoms with Crippen molar-refractivity contribution in [2.75, 3.05) is 13.1 Å². The average Bonchev–Trinajstić information content (AvgIpc) is 2.44. The Balaban J connectivity index is 1.85. The number of carboxylic acids is 1. The van der Waals surface area contributed by atoms with Gasteiger partial charge in [-0.15, -0.1) is 0 Å². The van der Waals surface area contributed by atoms with E-state index in [1.807, 2.05) is 11.8 Å². The molecule has 1 aromatic rings. The number of aromatic nitrogens is 1. The lowest BCUT2D eigenvalue weighted by Crippen LogP contribution is -2.55. The van der Waals surface area contributed by atoms with Gasteiger partial charge in [0, 0.05) is 23.8 Å². The Bertz CT molecular complexity index is 679. The van der Waals surface area contributed by atoms with Gasteiger partial charge in [0.25, 0.3) is 5.56 Å². The molecule has 1 aliphatic rings. The number of aliphatic carboxylic acids is 1. The van der Waals surface area contributed by atoms with E-state index in [-0.39, 0.29) is 36.8 Å². The van der Waals surface area contributed by atoms with Crippen LogP contribution < -0.4 is 10.9 Å². The first-order valence-corrected chi connectivity index (χ1v) is 7.95. The molecule has 1 amide bonds. The molecular weight excluding hydrogens is 314 g/mol. The topological polar surface area (TPSA) is 112 Å². The van der Waals surface area contributed by atoms with Crippen LogP contribution in [0.15, 0.2) is 16.9 Å². The number of nitrogens with zero attached hydrogens (tertiary/aromatic N) is 2. The quantitative estimate of drug-likeness (QED) is 0.641. The average molecular weight is 337 g/mol. The van der Waals surface area contributed by atoms with Crippen molar-refractivity contribution in [3.8, 4) is 5.75 Å². The number of pyridine rings is 1. The molecule has 1 saturated carbocycles. The Kier molecular flexibility index (Phi) is 5.61.